The molecule has 4 aromatic carbocycles. The Morgan fingerprint density at radius 2 is 1.10 bits per heavy atom. The average molecular weight is 711 g/mol. The van der Waals surface area contributed by atoms with Gasteiger partial charge in [0.2, 0.25) is 11.8 Å². The van der Waals surface area contributed by atoms with Crippen molar-refractivity contribution in [1.82, 2.24) is 19.6 Å². The number of phenols is 2. The minimum absolute atomic E-state index is 0. The summed E-state index contributed by atoms with van der Waals surface area (Å²) in [5, 5.41) is 49.3. The topological polar surface area (TPSA) is 168 Å². The largest absolute Gasteiger partial charge is 0.506 e. The summed E-state index contributed by atoms with van der Waals surface area (Å²) in [4.78, 5) is 20.6. The zero-order chi connectivity index (χ0) is 34.8. The number of aromatic nitrogens is 4. The van der Waals surface area contributed by atoms with E-state index in [1.54, 1.807) is 73.7 Å². The standard InChI is InChI=1S/C19H17N3O4.C18H17N3O2.Cr/c1-2-26-19(25)17-14(12-20-15-10-6-7-11-16(15)23)18(24)22(21-17)13-8-4-3-5-9-13;1-2-15-14(12-19-16-10-6-7-11-17(16)22)18(23)21(20-15)13-8-4-3-5-9-13;/h3-12,23-24H,2H2,1H3;3-12,22-23H,2H2,1H3;. The van der Waals surface area contributed by atoms with Crippen molar-refractivity contribution in [3.8, 4) is 34.6 Å². The fourth-order valence-electron chi connectivity index (χ4n) is 4.66. The Balaban J connectivity index is 0.000000222. The molecule has 0 spiro atoms. The number of rotatable bonds is 9. The number of hydrogen-bond donors (Lipinski definition) is 4. The molecule has 12 nitrogen and oxygen atoms in total. The van der Waals surface area contributed by atoms with Gasteiger partial charge in [-0.25, -0.2) is 9.48 Å². The first kappa shape index (κ1) is 36.7. The molecular weight excluding hydrogens is 676 g/mol. The molecule has 2 aromatic heterocycles. The second-order valence-electron chi connectivity index (χ2n) is 10.3. The first-order valence-corrected chi connectivity index (χ1v) is 15.4. The molecule has 0 saturated carbocycles. The van der Waals surface area contributed by atoms with Gasteiger partial charge in [0.15, 0.2) is 5.69 Å². The van der Waals surface area contributed by atoms with Crippen LogP contribution in [-0.2, 0) is 28.5 Å². The van der Waals surface area contributed by atoms with E-state index < -0.39 is 5.97 Å². The number of phenolic OH excluding ortho intramolecular Hbond substituents is 2. The summed E-state index contributed by atoms with van der Waals surface area (Å²) in [6.07, 6.45) is 3.48. The van der Waals surface area contributed by atoms with Crippen LogP contribution in [0.3, 0.4) is 0 Å². The molecule has 0 atom stereocenters. The summed E-state index contributed by atoms with van der Waals surface area (Å²) < 4.78 is 7.74. The molecule has 0 unspecified atom stereocenters. The summed E-state index contributed by atoms with van der Waals surface area (Å²) in [5.74, 6) is -0.810. The van der Waals surface area contributed by atoms with E-state index in [1.807, 2.05) is 43.3 Å². The number of para-hydroxylation sites is 6. The van der Waals surface area contributed by atoms with Gasteiger partial charge in [0.05, 0.1) is 34.8 Å². The van der Waals surface area contributed by atoms with E-state index in [0.29, 0.717) is 29.0 Å². The first-order valence-electron chi connectivity index (χ1n) is 15.4. The van der Waals surface area contributed by atoms with E-state index in [9.17, 15) is 25.2 Å². The molecular formula is C37H34CrN6O6. The number of aryl methyl sites for hydroxylation is 1. The van der Waals surface area contributed by atoms with Crippen LogP contribution in [0.25, 0.3) is 11.4 Å². The van der Waals surface area contributed by atoms with Crippen molar-refractivity contribution in [3.63, 3.8) is 0 Å². The monoisotopic (exact) mass is 710 g/mol. The molecule has 254 valence electrons. The van der Waals surface area contributed by atoms with Crippen LogP contribution < -0.4 is 0 Å². The minimum Gasteiger partial charge on any atom is -0.506 e. The molecule has 50 heavy (non-hydrogen) atoms. The molecule has 0 radical (unpaired) electrons. The Morgan fingerprint density at radius 3 is 1.58 bits per heavy atom. The SMILES string of the molecule is CCOC(=O)c1nn(-c2ccccc2)c(O)c1C=Nc1ccccc1O.CCc1nn(-c2ccccc2)c(O)c1C=Nc1ccccc1O.[Cr]. The fourth-order valence-corrected chi connectivity index (χ4v) is 4.66. The van der Waals surface area contributed by atoms with Crippen LogP contribution in [0.2, 0.25) is 0 Å². The molecule has 2 heterocycles. The van der Waals surface area contributed by atoms with Crippen LogP contribution in [0.4, 0.5) is 11.4 Å². The number of ether oxygens (including phenoxy) is 1. The number of benzene rings is 4. The number of carbonyl (C=O) groups excluding carboxylic acids is 1. The first-order chi connectivity index (χ1) is 23.8. The van der Waals surface area contributed by atoms with Gasteiger partial charge in [-0.05, 0) is 61.9 Å². The van der Waals surface area contributed by atoms with E-state index in [1.165, 1.54) is 27.9 Å². The minimum atomic E-state index is -0.670. The maximum absolute atomic E-state index is 12.2. The van der Waals surface area contributed by atoms with Gasteiger partial charge in [-0.15, -0.1) is 0 Å². The third-order valence-electron chi connectivity index (χ3n) is 7.10. The van der Waals surface area contributed by atoms with E-state index in [4.69, 9.17) is 4.74 Å². The number of aliphatic imine (C=N–C) groups is 2. The van der Waals surface area contributed by atoms with Crippen LogP contribution in [0.15, 0.2) is 119 Å². The van der Waals surface area contributed by atoms with Crippen molar-refractivity contribution >= 4 is 29.8 Å². The van der Waals surface area contributed by atoms with E-state index >= 15 is 0 Å². The Labute approximate surface area is 299 Å². The molecule has 0 aliphatic heterocycles. The van der Waals surface area contributed by atoms with Crippen molar-refractivity contribution in [2.75, 3.05) is 6.61 Å². The molecule has 0 fully saturated rings. The average Bonchev–Trinajstić information content (AvgIpc) is 3.64. The van der Waals surface area contributed by atoms with Gasteiger partial charge in [-0.3, -0.25) is 9.98 Å². The number of hydrogen-bond acceptors (Lipinski definition) is 10. The Morgan fingerprint density at radius 1 is 0.660 bits per heavy atom. The van der Waals surface area contributed by atoms with Crippen LogP contribution >= 0.6 is 0 Å². The normalized spacial score (nSPS) is 10.8. The zero-order valence-electron chi connectivity index (χ0n) is 27.2. The number of carbonyl (C=O) groups is 1. The van der Waals surface area contributed by atoms with Crippen LogP contribution in [-0.4, -0.2) is 65.0 Å². The molecule has 6 rings (SSSR count). The molecule has 13 heteroatoms. The van der Waals surface area contributed by atoms with Gasteiger partial charge in [0, 0.05) is 29.8 Å². The Hall–Kier alpha value is -6.16. The third-order valence-corrected chi connectivity index (χ3v) is 7.10. The molecule has 0 aliphatic carbocycles. The van der Waals surface area contributed by atoms with Crippen molar-refractivity contribution < 1.29 is 47.3 Å². The zero-order valence-corrected chi connectivity index (χ0v) is 28.4. The van der Waals surface area contributed by atoms with Crippen LogP contribution in [0, 0.1) is 0 Å². The fraction of sp³-hybridized carbons (Fsp3) is 0.108. The maximum atomic E-state index is 12.2. The Kier molecular flexibility index (Phi) is 12.7. The summed E-state index contributed by atoms with van der Waals surface area (Å²) in [6.45, 7) is 3.82. The van der Waals surface area contributed by atoms with Crippen LogP contribution in [0.5, 0.6) is 23.3 Å². The van der Waals surface area contributed by atoms with E-state index in [0.717, 1.165) is 11.4 Å². The number of esters is 1. The van der Waals surface area contributed by atoms with Crippen molar-refractivity contribution in [3.05, 3.63) is 132 Å². The second-order valence-corrected chi connectivity index (χ2v) is 10.3. The Bertz CT molecular complexity index is 2090. The van der Waals surface area contributed by atoms with Gasteiger partial charge in [0.1, 0.15) is 22.9 Å². The second kappa shape index (κ2) is 17.3. The summed E-state index contributed by atoms with van der Waals surface area (Å²) in [5.41, 5.74) is 3.45. The van der Waals surface area contributed by atoms with Gasteiger partial charge in [-0.2, -0.15) is 14.9 Å². The predicted molar refractivity (Wildman–Crippen MR) is 187 cm³/mol. The van der Waals surface area contributed by atoms with Gasteiger partial charge in [0.25, 0.3) is 0 Å². The van der Waals surface area contributed by atoms with Crippen LogP contribution in [0.1, 0.15) is 41.2 Å². The predicted octanol–water partition coefficient (Wildman–Crippen LogP) is 6.80. The molecule has 0 saturated heterocycles. The van der Waals surface area contributed by atoms with Gasteiger partial charge < -0.3 is 25.2 Å². The summed E-state index contributed by atoms with van der Waals surface area (Å²) in [6, 6.07) is 31.6. The van der Waals surface area contributed by atoms with Crippen molar-refractivity contribution in [1.29, 1.82) is 0 Å². The molecule has 0 aliphatic rings. The molecule has 6 aromatic rings. The summed E-state index contributed by atoms with van der Waals surface area (Å²) >= 11 is 0. The van der Waals surface area contributed by atoms with E-state index in [-0.39, 0.29) is 58.5 Å². The maximum Gasteiger partial charge on any atom is 0.359 e. The van der Waals surface area contributed by atoms with Crippen molar-refractivity contribution in [2.24, 2.45) is 9.98 Å². The van der Waals surface area contributed by atoms with Gasteiger partial charge >= 0.3 is 5.97 Å². The molecule has 4 N–H and O–H groups in total. The quantitative estimate of drug-likeness (QED) is 0.0938. The third kappa shape index (κ3) is 8.46. The summed E-state index contributed by atoms with van der Waals surface area (Å²) in [7, 11) is 0. The molecule has 0 bridgehead atoms. The number of aromatic hydroxyl groups is 4. The van der Waals surface area contributed by atoms with E-state index in [2.05, 4.69) is 20.2 Å². The van der Waals surface area contributed by atoms with Crippen molar-refractivity contribution in [2.45, 2.75) is 20.3 Å². The van der Waals surface area contributed by atoms with Gasteiger partial charge in [-0.1, -0.05) is 67.6 Å². The molecule has 0 amide bonds. The smallest absolute Gasteiger partial charge is 0.359 e. The number of nitrogens with zero attached hydrogens (tertiary/aromatic N) is 6.